The lowest BCUT2D eigenvalue weighted by Crippen LogP contribution is -2.21. The van der Waals surface area contributed by atoms with E-state index in [0.717, 1.165) is 69.0 Å². The van der Waals surface area contributed by atoms with Crippen LogP contribution in [0.15, 0.2) is 97.3 Å². The molecule has 0 aliphatic carbocycles. The zero-order valence-corrected chi connectivity index (χ0v) is 29.1. The molecule has 0 unspecified atom stereocenters. The van der Waals surface area contributed by atoms with Gasteiger partial charge in [0, 0.05) is 23.3 Å². The molecule has 0 fully saturated rings. The number of aliphatic carboxylic acids is 2. The summed E-state index contributed by atoms with van der Waals surface area (Å²) in [6, 6.07) is 28.1. The van der Waals surface area contributed by atoms with Crippen molar-refractivity contribution in [3.05, 3.63) is 97.3 Å². The number of fused-ring (bicyclic) bond motifs is 1. The highest BCUT2D eigenvalue weighted by atomic mass is 19.4. The number of nitrogens with zero attached hydrogens (tertiary/aromatic N) is 6. The van der Waals surface area contributed by atoms with Crippen molar-refractivity contribution in [2.24, 2.45) is 11.5 Å². The fraction of sp³-hybridized carbons (Fsp3) is 0.222. The third-order valence-electron chi connectivity index (χ3n) is 7.30. The van der Waals surface area contributed by atoms with E-state index in [9.17, 15) is 26.3 Å². The molecule has 0 radical (unpaired) electrons. The van der Waals surface area contributed by atoms with E-state index in [4.69, 9.17) is 40.7 Å². The van der Waals surface area contributed by atoms with Gasteiger partial charge in [-0.15, -0.1) is 10.2 Å². The topological polar surface area (TPSA) is 207 Å². The summed E-state index contributed by atoms with van der Waals surface area (Å²) in [5.41, 5.74) is 16.4. The second-order valence-electron chi connectivity index (χ2n) is 11.5. The van der Waals surface area contributed by atoms with Gasteiger partial charge in [0.25, 0.3) is 0 Å². The average Bonchev–Trinajstić information content (AvgIpc) is 3.87. The molecule has 20 heteroatoms. The monoisotopic (exact) mass is 788 g/mol. The summed E-state index contributed by atoms with van der Waals surface area (Å²) in [6.45, 7) is 2.35. The second kappa shape index (κ2) is 19.2. The van der Waals surface area contributed by atoms with E-state index in [1.165, 1.54) is 0 Å². The van der Waals surface area contributed by atoms with Crippen LogP contribution in [0.3, 0.4) is 0 Å². The van der Waals surface area contributed by atoms with Crippen molar-refractivity contribution < 1.29 is 55.6 Å². The highest BCUT2D eigenvalue weighted by Crippen LogP contribution is 2.28. The molecule has 4 aromatic carbocycles. The van der Waals surface area contributed by atoms with Gasteiger partial charge in [0.1, 0.15) is 22.9 Å². The lowest BCUT2D eigenvalue weighted by atomic mass is 10.0. The standard InChI is InChI=1S/C32H32N8O2.2C2HF3O2/c33-13-3-15-41-29-7-1-5-27(19-29)39-21-31(35-37-39)24-11-9-23-10-12-25(18-26(23)17-24)32-22-40(38-36-32)28-6-2-8-30(20-28)42-16-4-14-34;2*3-2(4,5)1(6)7/h1-2,5-12,17-22H,3-4,13-16,33-34H2;2*(H,6,7). The first-order chi connectivity index (χ1) is 26.6. The Morgan fingerprint density at radius 1 is 0.607 bits per heavy atom. The Balaban J connectivity index is 0.000000425. The molecule has 6 N–H and O–H groups in total. The first-order valence-corrected chi connectivity index (χ1v) is 16.4. The van der Waals surface area contributed by atoms with Crippen LogP contribution < -0.4 is 20.9 Å². The molecule has 0 amide bonds. The van der Waals surface area contributed by atoms with Gasteiger partial charge in [-0.3, -0.25) is 0 Å². The van der Waals surface area contributed by atoms with Crippen LogP contribution >= 0.6 is 0 Å². The van der Waals surface area contributed by atoms with E-state index < -0.39 is 24.3 Å². The molecule has 56 heavy (non-hydrogen) atoms. The maximum absolute atomic E-state index is 10.6. The summed E-state index contributed by atoms with van der Waals surface area (Å²) in [5.74, 6) is -3.96. The summed E-state index contributed by atoms with van der Waals surface area (Å²) in [6.07, 6.45) is -4.72. The zero-order chi connectivity index (χ0) is 40.9. The third-order valence-corrected chi connectivity index (χ3v) is 7.30. The molecule has 0 saturated carbocycles. The van der Waals surface area contributed by atoms with Crippen LogP contribution in [0.5, 0.6) is 11.5 Å². The number of hydrogen-bond donors (Lipinski definition) is 4. The van der Waals surface area contributed by atoms with Crippen molar-refractivity contribution in [1.82, 2.24) is 30.0 Å². The molecule has 14 nitrogen and oxygen atoms in total. The van der Waals surface area contributed by atoms with Gasteiger partial charge >= 0.3 is 24.3 Å². The van der Waals surface area contributed by atoms with Crippen LogP contribution in [-0.2, 0) is 9.59 Å². The summed E-state index contributed by atoms with van der Waals surface area (Å²) in [7, 11) is 0. The largest absolute Gasteiger partial charge is 0.493 e. The number of halogens is 6. The van der Waals surface area contributed by atoms with E-state index in [0.29, 0.717) is 26.3 Å². The van der Waals surface area contributed by atoms with E-state index >= 15 is 0 Å². The zero-order valence-electron chi connectivity index (χ0n) is 29.1. The van der Waals surface area contributed by atoms with Gasteiger partial charge < -0.3 is 31.2 Å². The van der Waals surface area contributed by atoms with E-state index in [1.807, 2.05) is 60.9 Å². The van der Waals surface area contributed by atoms with Gasteiger partial charge in [-0.1, -0.05) is 46.8 Å². The molecule has 296 valence electrons. The molecule has 0 bridgehead atoms. The van der Waals surface area contributed by atoms with Crippen molar-refractivity contribution in [3.63, 3.8) is 0 Å². The number of ether oxygens (including phenoxy) is 2. The highest BCUT2D eigenvalue weighted by molar-refractivity contribution is 5.90. The van der Waals surface area contributed by atoms with Gasteiger partial charge in [-0.25, -0.2) is 19.0 Å². The summed E-state index contributed by atoms with van der Waals surface area (Å²) in [5, 5.41) is 34.0. The molecule has 0 aliphatic rings. The van der Waals surface area contributed by atoms with Crippen molar-refractivity contribution in [3.8, 4) is 45.4 Å². The van der Waals surface area contributed by atoms with Crippen LogP contribution in [0.1, 0.15) is 12.8 Å². The molecule has 0 atom stereocenters. The Bertz CT molecular complexity index is 2070. The van der Waals surface area contributed by atoms with Crippen LogP contribution in [0.4, 0.5) is 26.3 Å². The Morgan fingerprint density at radius 3 is 1.36 bits per heavy atom. The summed E-state index contributed by atoms with van der Waals surface area (Å²) >= 11 is 0. The predicted molar refractivity (Wildman–Crippen MR) is 190 cm³/mol. The number of benzene rings is 4. The maximum Gasteiger partial charge on any atom is 0.490 e. The Kier molecular flexibility index (Phi) is 14.4. The first-order valence-electron chi connectivity index (χ1n) is 16.4. The summed E-state index contributed by atoms with van der Waals surface area (Å²) in [4.78, 5) is 17.8. The third kappa shape index (κ3) is 12.2. The van der Waals surface area contributed by atoms with Crippen LogP contribution in [0.25, 0.3) is 44.7 Å². The van der Waals surface area contributed by atoms with Gasteiger partial charge in [-0.05, 0) is 73.1 Å². The van der Waals surface area contributed by atoms with E-state index in [-0.39, 0.29) is 0 Å². The number of carboxylic acid groups (broad SMARTS) is 2. The van der Waals surface area contributed by atoms with Crippen molar-refractivity contribution in [2.45, 2.75) is 25.2 Å². The number of hydrogen-bond acceptors (Lipinski definition) is 10. The Labute approximate surface area is 313 Å². The van der Waals surface area contributed by atoms with Crippen molar-refractivity contribution >= 4 is 22.7 Å². The predicted octanol–water partition coefficient (Wildman–Crippen LogP) is 6.06. The maximum atomic E-state index is 10.6. The van der Waals surface area contributed by atoms with Gasteiger partial charge in [0.15, 0.2) is 0 Å². The molecular formula is C36H34F6N8O6. The smallest absolute Gasteiger partial charge is 0.490 e. The molecule has 0 saturated heterocycles. The average molecular weight is 789 g/mol. The van der Waals surface area contributed by atoms with Crippen molar-refractivity contribution in [2.75, 3.05) is 26.3 Å². The number of aromatic nitrogens is 6. The van der Waals surface area contributed by atoms with Crippen molar-refractivity contribution in [1.29, 1.82) is 0 Å². The Hall–Kier alpha value is -6.54. The molecule has 0 spiro atoms. The number of carbonyl (C=O) groups is 2. The minimum atomic E-state index is -5.08. The first kappa shape index (κ1) is 42.2. The van der Waals surface area contributed by atoms with Crippen LogP contribution in [-0.4, -0.2) is 90.8 Å². The fourth-order valence-corrected chi connectivity index (χ4v) is 4.59. The van der Waals surface area contributed by atoms with E-state index in [2.05, 4.69) is 57.0 Å². The molecule has 0 aliphatic heterocycles. The quantitative estimate of drug-likeness (QED) is 0.0825. The second-order valence-corrected chi connectivity index (χ2v) is 11.5. The minimum absolute atomic E-state index is 0.579. The lowest BCUT2D eigenvalue weighted by Gasteiger charge is -2.07. The fourth-order valence-electron chi connectivity index (χ4n) is 4.59. The van der Waals surface area contributed by atoms with Gasteiger partial charge in [0.05, 0.1) is 37.0 Å². The van der Waals surface area contributed by atoms with E-state index in [1.54, 1.807) is 9.36 Å². The number of alkyl halides is 6. The lowest BCUT2D eigenvalue weighted by molar-refractivity contribution is -0.193. The molecule has 6 rings (SSSR count). The highest BCUT2D eigenvalue weighted by Gasteiger charge is 2.38. The normalized spacial score (nSPS) is 11.2. The molecular weight excluding hydrogens is 754 g/mol. The minimum Gasteiger partial charge on any atom is -0.493 e. The Morgan fingerprint density at radius 2 is 1.00 bits per heavy atom. The molecule has 2 aromatic heterocycles. The molecule has 6 aromatic rings. The van der Waals surface area contributed by atoms with Crippen LogP contribution in [0.2, 0.25) is 0 Å². The number of nitrogens with two attached hydrogens (primary N) is 2. The number of carboxylic acids is 2. The molecule has 2 heterocycles. The van der Waals surface area contributed by atoms with Gasteiger partial charge in [-0.2, -0.15) is 26.3 Å². The van der Waals surface area contributed by atoms with Crippen LogP contribution in [0, 0.1) is 0 Å². The number of rotatable bonds is 12. The van der Waals surface area contributed by atoms with Gasteiger partial charge in [0.2, 0.25) is 0 Å². The summed E-state index contributed by atoms with van der Waals surface area (Å²) < 4.78 is 78.5. The SMILES string of the molecule is NCCCOc1cccc(-n2cc(-c3ccc4ccc(-c5cn(-c6cccc(OCCCN)c6)nn5)cc4c3)nn2)c1.O=C(O)C(F)(F)F.O=C(O)C(F)(F)F.